The van der Waals surface area contributed by atoms with Crippen LogP contribution in [0.25, 0.3) is 0 Å². The molecular formula is C21H28N2O3S. The molecule has 0 aliphatic carbocycles. The van der Waals surface area contributed by atoms with Gasteiger partial charge < -0.3 is 14.4 Å². The topological polar surface area (TPSA) is 42.0 Å². The normalized spacial score (nSPS) is 16.8. The molecule has 1 aliphatic heterocycles. The highest BCUT2D eigenvalue weighted by Gasteiger charge is 2.32. The summed E-state index contributed by atoms with van der Waals surface area (Å²) >= 11 is 1.75. The molecular weight excluding hydrogens is 360 g/mol. The first-order chi connectivity index (χ1) is 13.0. The lowest BCUT2D eigenvalue weighted by atomic mass is 10.0. The van der Waals surface area contributed by atoms with Crippen LogP contribution in [0.3, 0.4) is 0 Å². The maximum Gasteiger partial charge on any atom is 0.237 e. The molecule has 2 aromatic rings. The quantitative estimate of drug-likeness (QED) is 0.722. The van der Waals surface area contributed by atoms with Crippen molar-refractivity contribution in [2.45, 2.75) is 32.4 Å². The molecule has 1 aromatic heterocycles. The van der Waals surface area contributed by atoms with E-state index < -0.39 is 0 Å². The van der Waals surface area contributed by atoms with Crippen molar-refractivity contribution in [1.29, 1.82) is 0 Å². The zero-order chi connectivity index (χ0) is 19.4. The average molecular weight is 389 g/mol. The van der Waals surface area contributed by atoms with Crippen molar-refractivity contribution in [2.75, 3.05) is 34.4 Å². The number of methoxy groups -OCH3 is 2. The number of amides is 1. The van der Waals surface area contributed by atoms with Gasteiger partial charge in [-0.1, -0.05) is 0 Å². The molecule has 5 nitrogen and oxygen atoms in total. The van der Waals surface area contributed by atoms with Gasteiger partial charge in [0, 0.05) is 23.5 Å². The van der Waals surface area contributed by atoms with E-state index >= 15 is 0 Å². The number of likely N-dealkylation sites (N-methyl/N-ethyl adjacent to an activating group) is 1. The highest BCUT2D eigenvalue weighted by Crippen LogP contribution is 2.39. The van der Waals surface area contributed by atoms with Crippen LogP contribution in [-0.2, 0) is 11.3 Å². The summed E-state index contributed by atoms with van der Waals surface area (Å²) in [4.78, 5) is 18.4. The zero-order valence-corrected chi connectivity index (χ0v) is 17.3. The summed E-state index contributed by atoms with van der Waals surface area (Å²) in [7, 11) is 5.34. The first kappa shape index (κ1) is 19.7. The zero-order valence-electron chi connectivity index (χ0n) is 16.5. The van der Waals surface area contributed by atoms with Crippen LogP contribution in [0.5, 0.6) is 11.5 Å². The van der Waals surface area contributed by atoms with Crippen LogP contribution in [0.15, 0.2) is 29.6 Å². The Balaban J connectivity index is 1.72. The van der Waals surface area contributed by atoms with Crippen molar-refractivity contribution in [2.24, 2.45) is 0 Å². The van der Waals surface area contributed by atoms with E-state index in [9.17, 15) is 4.79 Å². The minimum Gasteiger partial charge on any atom is -0.497 e. The predicted octanol–water partition coefficient (Wildman–Crippen LogP) is 3.87. The number of carbonyl (C=O) groups is 1. The minimum atomic E-state index is 0.0411. The number of likely N-dealkylation sites (tertiary alicyclic amines) is 1. The van der Waals surface area contributed by atoms with Gasteiger partial charge in [0.05, 0.1) is 26.8 Å². The van der Waals surface area contributed by atoms with Crippen LogP contribution in [0.2, 0.25) is 0 Å². The van der Waals surface area contributed by atoms with Crippen molar-refractivity contribution in [3.05, 3.63) is 45.6 Å². The number of carbonyl (C=O) groups excluding carboxylic acids is 1. The molecule has 146 valence electrons. The number of thiophene rings is 1. The van der Waals surface area contributed by atoms with Crippen molar-refractivity contribution >= 4 is 17.2 Å². The predicted molar refractivity (Wildman–Crippen MR) is 109 cm³/mol. The molecule has 0 spiro atoms. The van der Waals surface area contributed by atoms with Gasteiger partial charge in [0.1, 0.15) is 11.5 Å². The lowest BCUT2D eigenvalue weighted by Gasteiger charge is -2.28. The molecule has 2 heterocycles. The third-order valence-electron chi connectivity index (χ3n) is 5.16. The molecule has 1 unspecified atom stereocenters. The second-order valence-corrected chi connectivity index (χ2v) is 8.05. The Morgan fingerprint density at radius 2 is 2.11 bits per heavy atom. The summed E-state index contributed by atoms with van der Waals surface area (Å²) < 4.78 is 10.9. The molecule has 1 saturated heterocycles. The number of hydrogen-bond donors (Lipinski definition) is 0. The van der Waals surface area contributed by atoms with Crippen LogP contribution in [0.1, 0.15) is 34.9 Å². The Kier molecular flexibility index (Phi) is 6.39. The van der Waals surface area contributed by atoms with E-state index in [4.69, 9.17) is 9.47 Å². The number of rotatable bonds is 7. The summed E-state index contributed by atoms with van der Waals surface area (Å²) in [5, 5.41) is 2.10. The minimum absolute atomic E-state index is 0.0411. The number of hydrogen-bond acceptors (Lipinski definition) is 5. The van der Waals surface area contributed by atoms with Gasteiger partial charge in [0.25, 0.3) is 0 Å². The SMILES string of the molecule is COc1ccc(OC)c(C2CCCN2C(=O)CN(C)Cc2sccc2C)c1. The van der Waals surface area contributed by atoms with E-state index in [0.29, 0.717) is 6.54 Å². The molecule has 3 rings (SSSR count). The van der Waals surface area contributed by atoms with E-state index in [2.05, 4.69) is 23.3 Å². The van der Waals surface area contributed by atoms with E-state index in [-0.39, 0.29) is 11.9 Å². The highest BCUT2D eigenvalue weighted by atomic mass is 32.1. The Morgan fingerprint density at radius 1 is 1.30 bits per heavy atom. The summed E-state index contributed by atoms with van der Waals surface area (Å²) in [5.41, 5.74) is 2.32. The van der Waals surface area contributed by atoms with Crippen LogP contribution >= 0.6 is 11.3 Å². The molecule has 0 saturated carbocycles. The maximum absolute atomic E-state index is 13.0. The fraction of sp³-hybridized carbons (Fsp3) is 0.476. The monoisotopic (exact) mass is 388 g/mol. The standard InChI is InChI=1S/C21H28N2O3S/c1-15-9-11-27-20(15)13-22(2)14-21(24)23-10-5-6-18(23)17-12-16(25-3)7-8-19(17)26-4/h7-9,11-12,18H,5-6,10,13-14H2,1-4H3. The Hall–Kier alpha value is -2.05. The number of nitrogens with zero attached hydrogens (tertiary/aromatic N) is 2. The van der Waals surface area contributed by atoms with E-state index in [1.54, 1.807) is 25.6 Å². The Labute approximate surface area is 165 Å². The van der Waals surface area contributed by atoms with Crippen LogP contribution in [-0.4, -0.2) is 50.1 Å². The van der Waals surface area contributed by atoms with E-state index in [1.165, 1.54) is 10.4 Å². The van der Waals surface area contributed by atoms with Crippen LogP contribution < -0.4 is 9.47 Å². The third kappa shape index (κ3) is 4.45. The molecule has 0 radical (unpaired) electrons. The largest absolute Gasteiger partial charge is 0.497 e. The van der Waals surface area contributed by atoms with Crippen LogP contribution in [0, 0.1) is 6.92 Å². The van der Waals surface area contributed by atoms with Crippen molar-refractivity contribution < 1.29 is 14.3 Å². The van der Waals surface area contributed by atoms with Gasteiger partial charge in [0.15, 0.2) is 0 Å². The molecule has 1 aromatic carbocycles. The van der Waals surface area contributed by atoms with Gasteiger partial charge in [-0.05, 0) is 62.0 Å². The summed E-state index contributed by atoms with van der Waals surface area (Å²) in [6.07, 6.45) is 1.95. The second-order valence-electron chi connectivity index (χ2n) is 7.05. The van der Waals surface area contributed by atoms with E-state index in [0.717, 1.165) is 43.0 Å². The molecule has 0 N–H and O–H groups in total. The summed E-state index contributed by atoms with van der Waals surface area (Å²) in [5.74, 6) is 1.76. The summed E-state index contributed by atoms with van der Waals surface area (Å²) in [6, 6.07) is 7.97. The molecule has 6 heteroatoms. The third-order valence-corrected chi connectivity index (χ3v) is 6.16. The lowest BCUT2D eigenvalue weighted by Crippen LogP contribution is -2.38. The second kappa shape index (κ2) is 8.76. The Morgan fingerprint density at radius 3 is 2.78 bits per heavy atom. The molecule has 1 fully saturated rings. The van der Waals surface area contributed by atoms with Gasteiger partial charge in [0.2, 0.25) is 5.91 Å². The molecule has 1 aliphatic rings. The maximum atomic E-state index is 13.0. The molecule has 1 amide bonds. The highest BCUT2D eigenvalue weighted by molar-refractivity contribution is 7.10. The smallest absolute Gasteiger partial charge is 0.237 e. The summed E-state index contributed by atoms with van der Waals surface area (Å²) in [6.45, 7) is 4.12. The fourth-order valence-corrected chi connectivity index (χ4v) is 4.66. The van der Waals surface area contributed by atoms with Gasteiger partial charge in [-0.2, -0.15) is 0 Å². The number of benzene rings is 1. The van der Waals surface area contributed by atoms with Crippen molar-refractivity contribution in [1.82, 2.24) is 9.80 Å². The fourth-order valence-electron chi connectivity index (χ4n) is 3.68. The average Bonchev–Trinajstić information content (AvgIpc) is 3.30. The van der Waals surface area contributed by atoms with Gasteiger partial charge >= 0.3 is 0 Å². The van der Waals surface area contributed by atoms with Crippen molar-refractivity contribution in [3.8, 4) is 11.5 Å². The van der Waals surface area contributed by atoms with Gasteiger partial charge in [-0.25, -0.2) is 0 Å². The first-order valence-corrected chi connectivity index (χ1v) is 10.1. The number of aryl methyl sites for hydroxylation is 1. The first-order valence-electron chi connectivity index (χ1n) is 9.26. The van der Waals surface area contributed by atoms with Crippen molar-refractivity contribution in [3.63, 3.8) is 0 Å². The Bertz CT molecular complexity index is 789. The van der Waals surface area contributed by atoms with Crippen LogP contribution in [0.4, 0.5) is 0 Å². The number of ether oxygens (including phenoxy) is 2. The molecule has 27 heavy (non-hydrogen) atoms. The molecule has 1 atom stereocenters. The van der Waals surface area contributed by atoms with Gasteiger partial charge in [-0.15, -0.1) is 11.3 Å². The molecule has 0 bridgehead atoms. The lowest BCUT2D eigenvalue weighted by molar-refractivity contribution is -0.133. The van der Waals surface area contributed by atoms with E-state index in [1.807, 2.05) is 30.1 Å². The van der Waals surface area contributed by atoms with Gasteiger partial charge in [-0.3, -0.25) is 9.69 Å².